The summed E-state index contributed by atoms with van der Waals surface area (Å²) in [5.41, 5.74) is 2.74. The van der Waals surface area contributed by atoms with Crippen molar-refractivity contribution in [2.45, 2.75) is 13.5 Å². The van der Waals surface area contributed by atoms with Gasteiger partial charge in [-0.25, -0.2) is 8.42 Å². The van der Waals surface area contributed by atoms with Crippen molar-refractivity contribution in [3.05, 3.63) is 53.1 Å². The van der Waals surface area contributed by atoms with Crippen LogP contribution in [0.15, 0.2) is 36.4 Å². The van der Waals surface area contributed by atoms with Gasteiger partial charge in [0, 0.05) is 38.3 Å². The van der Waals surface area contributed by atoms with Gasteiger partial charge in [-0.2, -0.15) is 0 Å². The molecule has 4 rings (SSSR count). The van der Waals surface area contributed by atoms with Crippen molar-refractivity contribution in [3.63, 3.8) is 0 Å². The summed E-state index contributed by atoms with van der Waals surface area (Å²) in [6.45, 7) is 5.57. The Morgan fingerprint density at radius 1 is 1.07 bits per heavy atom. The van der Waals surface area contributed by atoms with E-state index in [0.717, 1.165) is 43.0 Å². The molecule has 0 aromatic heterocycles. The molecule has 2 aliphatic heterocycles. The molecule has 0 saturated carbocycles. The Labute approximate surface area is 176 Å². The number of ether oxygens (including phenoxy) is 2. The monoisotopic (exact) mass is 431 g/mol. The molecular formula is C21H25N3O5S. The van der Waals surface area contributed by atoms with E-state index >= 15 is 0 Å². The Balaban J connectivity index is 1.38. The predicted octanol–water partition coefficient (Wildman–Crippen LogP) is 2.05. The van der Waals surface area contributed by atoms with Crippen LogP contribution in [0.1, 0.15) is 21.5 Å². The Morgan fingerprint density at radius 3 is 2.53 bits per heavy atom. The van der Waals surface area contributed by atoms with Gasteiger partial charge in [-0.05, 0) is 42.3 Å². The first kappa shape index (κ1) is 20.5. The number of sulfonamides is 1. The van der Waals surface area contributed by atoms with Gasteiger partial charge in [0.25, 0.3) is 5.91 Å². The van der Waals surface area contributed by atoms with Crippen molar-refractivity contribution >= 4 is 21.6 Å². The second-order valence-electron chi connectivity index (χ2n) is 7.61. The van der Waals surface area contributed by atoms with E-state index in [1.165, 1.54) is 0 Å². The molecule has 2 heterocycles. The van der Waals surface area contributed by atoms with Crippen LogP contribution >= 0.6 is 0 Å². The van der Waals surface area contributed by atoms with Gasteiger partial charge >= 0.3 is 0 Å². The Kier molecular flexibility index (Phi) is 5.57. The zero-order valence-electron chi connectivity index (χ0n) is 17.1. The molecule has 2 aromatic carbocycles. The van der Waals surface area contributed by atoms with Gasteiger partial charge in [-0.1, -0.05) is 12.1 Å². The summed E-state index contributed by atoms with van der Waals surface area (Å²) >= 11 is 0. The van der Waals surface area contributed by atoms with Gasteiger partial charge < -0.3 is 14.4 Å². The van der Waals surface area contributed by atoms with Crippen LogP contribution in [0.2, 0.25) is 0 Å². The fraction of sp³-hybridized carbons (Fsp3) is 0.381. The number of benzene rings is 2. The molecule has 0 unspecified atom stereocenters. The molecule has 8 nitrogen and oxygen atoms in total. The van der Waals surface area contributed by atoms with E-state index in [1.54, 1.807) is 25.1 Å². The largest absolute Gasteiger partial charge is 0.454 e. The lowest BCUT2D eigenvalue weighted by Crippen LogP contribution is -2.48. The Bertz CT molecular complexity index is 1060. The van der Waals surface area contributed by atoms with Crippen LogP contribution in [-0.4, -0.2) is 63.4 Å². The number of nitrogens with zero attached hydrogens (tertiary/aromatic N) is 2. The summed E-state index contributed by atoms with van der Waals surface area (Å²) < 4.78 is 36.4. The van der Waals surface area contributed by atoms with Crippen LogP contribution in [0.5, 0.6) is 11.5 Å². The molecule has 1 amide bonds. The smallest absolute Gasteiger partial charge is 0.254 e. The Morgan fingerprint density at radius 2 is 1.80 bits per heavy atom. The summed E-state index contributed by atoms with van der Waals surface area (Å²) in [5, 5.41) is 0. The second-order valence-corrected chi connectivity index (χ2v) is 9.36. The highest BCUT2D eigenvalue weighted by Crippen LogP contribution is 2.33. The third-order valence-electron chi connectivity index (χ3n) is 5.36. The number of carbonyl (C=O) groups is 1. The number of carbonyl (C=O) groups excluding carboxylic acids is 1. The van der Waals surface area contributed by atoms with Gasteiger partial charge in [0.2, 0.25) is 16.8 Å². The molecule has 0 spiro atoms. The van der Waals surface area contributed by atoms with Crippen molar-refractivity contribution in [3.8, 4) is 11.5 Å². The molecule has 2 aliphatic rings. The molecule has 0 aliphatic carbocycles. The maximum absolute atomic E-state index is 13.0. The summed E-state index contributed by atoms with van der Waals surface area (Å²) in [5.74, 6) is 1.48. The van der Waals surface area contributed by atoms with Crippen LogP contribution in [0.3, 0.4) is 0 Å². The first-order valence-corrected chi connectivity index (χ1v) is 11.7. The van der Waals surface area contributed by atoms with Crippen molar-refractivity contribution in [2.75, 3.05) is 43.9 Å². The molecule has 0 bridgehead atoms. The number of anilines is 1. The molecule has 30 heavy (non-hydrogen) atoms. The fourth-order valence-electron chi connectivity index (χ4n) is 3.75. The van der Waals surface area contributed by atoms with Gasteiger partial charge in [0.1, 0.15) is 0 Å². The van der Waals surface area contributed by atoms with E-state index in [9.17, 15) is 13.2 Å². The normalized spacial score (nSPS) is 16.5. The number of rotatable bonds is 5. The van der Waals surface area contributed by atoms with E-state index in [1.807, 2.05) is 23.1 Å². The number of hydrogen-bond donors (Lipinski definition) is 1. The van der Waals surface area contributed by atoms with Crippen LogP contribution in [0.4, 0.5) is 5.69 Å². The number of hydrogen-bond acceptors (Lipinski definition) is 6. The highest BCUT2D eigenvalue weighted by atomic mass is 32.2. The average molecular weight is 432 g/mol. The number of amides is 1. The minimum absolute atomic E-state index is 0.0765. The second kappa shape index (κ2) is 8.16. The van der Waals surface area contributed by atoms with E-state index in [2.05, 4.69) is 9.62 Å². The average Bonchev–Trinajstić information content (AvgIpc) is 3.17. The van der Waals surface area contributed by atoms with Gasteiger partial charge in [0.05, 0.1) is 11.9 Å². The van der Waals surface area contributed by atoms with Crippen LogP contribution in [0.25, 0.3) is 0 Å². The van der Waals surface area contributed by atoms with E-state index in [4.69, 9.17) is 9.47 Å². The third kappa shape index (κ3) is 4.52. The minimum atomic E-state index is -3.41. The fourth-order valence-corrected chi connectivity index (χ4v) is 4.38. The van der Waals surface area contributed by atoms with Crippen LogP contribution in [0, 0.1) is 6.92 Å². The molecule has 1 saturated heterocycles. The van der Waals surface area contributed by atoms with Gasteiger partial charge in [-0.3, -0.25) is 14.4 Å². The molecule has 0 atom stereocenters. The minimum Gasteiger partial charge on any atom is -0.454 e. The quantitative estimate of drug-likeness (QED) is 0.780. The summed E-state index contributed by atoms with van der Waals surface area (Å²) in [6.07, 6.45) is 1.10. The molecule has 1 fully saturated rings. The van der Waals surface area contributed by atoms with Gasteiger partial charge in [-0.15, -0.1) is 0 Å². The van der Waals surface area contributed by atoms with Crippen molar-refractivity contribution in [1.82, 2.24) is 9.80 Å². The maximum atomic E-state index is 13.0. The third-order valence-corrected chi connectivity index (χ3v) is 5.95. The van der Waals surface area contributed by atoms with Crippen molar-refractivity contribution in [1.29, 1.82) is 0 Å². The zero-order chi connectivity index (χ0) is 21.3. The molecule has 2 aromatic rings. The lowest BCUT2D eigenvalue weighted by molar-refractivity contribution is 0.0628. The predicted molar refractivity (Wildman–Crippen MR) is 113 cm³/mol. The van der Waals surface area contributed by atoms with E-state index in [0.29, 0.717) is 29.9 Å². The summed E-state index contributed by atoms with van der Waals surface area (Å²) in [7, 11) is -3.41. The zero-order valence-corrected chi connectivity index (χ0v) is 17.9. The Hall–Kier alpha value is -2.78. The van der Waals surface area contributed by atoms with E-state index in [-0.39, 0.29) is 12.7 Å². The number of nitrogens with one attached hydrogen (secondary N) is 1. The summed E-state index contributed by atoms with van der Waals surface area (Å²) in [6, 6.07) is 11.1. The standard InChI is InChI=1S/C21H25N3O5S/c1-15-17(4-3-5-18(15)22-30(2,26)27)21(25)24-10-8-23(9-11-24)13-16-6-7-19-20(12-16)29-14-28-19/h3-7,12,22H,8-11,13-14H2,1-2H3. The lowest BCUT2D eigenvalue weighted by Gasteiger charge is -2.35. The summed E-state index contributed by atoms with van der Waals surface area (Å²) in [4.78, 5) is 17.2. The first-order chi connectivity index (χ1) is 14.3. The number of piperazine rings is 1. The highest BCUT2D eigenvalue weighted by Gasteiger charge is 2.24. The lowest BCUT2D eigenvalue weighted by atomic mass is 10.1. The topological polar surface area (TPSA) is 88.2 Å². The van der Waals surface area contributed by atoms with E-state index < -0.39 is 10.0 Å². The number of fused-ring (bicyclic) bond motifs is 1. The SMILES string of the molecule is Cc1c(NS(C)(=O)=O)cccc1C(=O)N1CCN(Cc2ccc3c(c2)OCO3)CC1. The molecule has 160 valence electrons. The van der Waals surface area contributed by atoms with Crippen molar-refractivity contribution in [2.24, 2.45) is 0 Å². The maximum Gasteiger partial charge on any atom is 0.254 e. The molecule has 0 radical (unpaired) electrons. The first-order valence-electron chi connectivity index (χ1n) is 9.78. The van der Waals surface area contributed by atoms with Gasteiger partial charge in [0.15, 0.2) is 11.5 Å². The van der Waals surface area contributed by atoms with Crippen LogP contribution in [-0.2, 0) is 16.6 Å². The molecule has 1 N–H and O–H groups in total. The highest BCUT2D eigenvalue weighted by molar-refractivity contribution is 7.92. The molecular weight excluding hydrogens is 406 g/mol. The molecule has 9 heteroatoms. The van der Waals surface area contributed by atoms with Crippen LogP contribution < -0.4 is 14.2 Å². The van der Waals surface area contributed by atoms with Crippen molar-refractivity contribution < 1.29 is 22.7 Å².